The van der Waals surface area contributed by atoms with Crippen LogP contribution in [0.4, 0.5) is 0 Å². The summed E-state index contributed by atoms with van der Waals surface area (Å²) >= 11 is 0. The molecule has 6 heteroatoms. The van der Waals surface area contributed by atoms with Crippen molar-refractivity contribution in [1.29, 1.82) is 0 Å². The molecule has 1 aromatic heterocycles. The molecule has 0 saturated heterocycles. The topological polar surface area (TPSA) is 54.3 Å². The summed E-state index contributed by atoms with van der Waals surface area (Å²) in [4.78, 5) is 0.424. The SMILES string of the molecule is CCCCN(C)S(=O)(=O)c1cc(CNC)n(C2CC2)c1. The molecule has 0 radical (unpaired) electrons. The minimum atomic E-state index is -3.35. The Morgan fingerprint density at radius 2 is 2.15 bits per heavy atom. The van der Waals surface area contributed by atoms with Crippen LogP contribution in [-0.2, 0) is 16.6 Å². The summed E-state index contributed by atoms with van der Waals surface area (Å²) in [6.45, 7) is 3.34. The lowest BCUT2D eigenvalue weighted by molar-refractivity contribution is 0.459. The molecule has 1 aromatic rings. The molecule has 1 saturated carbocycles. The summed E-state index contributed by atoms with van der Waals surface area (Å²) in [5.41, 5.74) is 1.05. The number of sulfonamides is 1. The van der Waals surface area contributed by atoms with Gasteiger partial charge in [0.1, 0.15) is 4.90 Å². The quantitative estimate of drug-likeness (QED) is 0.798. The van der Waals surface area contributed by atoms with E-state index < -0.39 is 10.0 Å². The van der Waals surface area contributed by atoms with E-state index in [0.717, 1.165) is 31.4 Å². The monoisotopic (exact) mass is 299 g/mol. The first-order chi connectivity index (χ1) is 9.50. The van der Waals surface area contributed by atoms with Crippen molar-refractivity contribution in [3.8, 4) is 0 Å². The van der Waals surface area contributed by atoms with Gasteiger partial charge in [-0.2, -0.15) is 0 Å². The zero-order valence-electron chi connectivity index (χ0n) is 12.6. The Kier molecular flexibility index (Phi) is 4.88. The molecule has 0 atom stereocenters. The number of unbranched alkanes of at least 4 members (excludes halogenated alkanes) is 1. The molecule has 114 valence electrons. The number of hydrogen-bond acceptors (Lipinski definition) is 3. The Labute approximate surface area is 122 Å². The van der Waals surface area contributed by atoms with Crippen LogP contribution in [0.5, 0.6) is 0 Å². The third kappa shape index (κ3) is 3.24. The fourth-order valence-corrected chi connectivity index (χ4v) is 3.60. The normalized spacial score (nSPS) is 16.0. The number of nitrogens with zero attached hydrogens (tertiary/aromatic N) is 2. The van der Waals surface area contributed by atoms with Gasteiger partial charge in [-0.05, 0) is 32.4 Å². The van der Waals surface area contributed by atoms with Crippen molar-refractivity contribution in [1.82, 2.24) is 14.2 Å². The summed E-state index contributed by atoms with van der Waals surface area (Å²) in [6.07, 6.45) is 5.99. The van der Waals surface area contributed by atoms with Crippen LogP contribution in [0.2, 0.25) is 0 Å². The second kappa shape index (κ2) is 6.28. The van der Waals surface area contributed by atoms with Crippen LogP contribution in [0.3, 0.4) is 0 Å². The molecular weight excluding hydrogens is 274 g/mol. The highest BCUT2D eigenvalue weighted by Crippen LogP contribution is 2.37. The maximum absolute atomic E-state index is 12.5. The summed E-state index contributed by atoms with van der Waals surface area (Å²) in [5.74, 6) is 0. The van der Waals surface area contributed by atoms with Crippen molar-refractivity contribution in [2.24, 2.45) is 0 Å². The first-order valence-electron chi connectivity index (χ1n) is 7.32. The Bertz CT molecular complexity index is 547. The molecule has 0 aliphatic heterocycles. The van der Waals surface area contributed by atoms with Crippen molar-refractivity contribution in [3.63, 3.8) is 0 Å². The van der Waals surface area contributed by atoms with Gasteiger partial charge < -0.3 is 9.88 Å². The molecule has 1 N–H and O–H groups in total. The van der Waals surface area contributed by atoms with Gasteiger partial charge in [0.15, 0.2) is 0 Å². The lowest BCUT2D eigenvalue weighted by atomic mass is 10.3. The molecule has 5 nitrogen and oxygen atoms in total. The largest absolute Gasteiger partial charge is 0.346 e. The van der Waals surface area contributed by atoms with Gasteiger partial charge in [-0.1, -0.05) is 13.3 Å². The predicted octanol–water partition coefficient (Wildman–Crippen LogP) is 1.96. The van der Waals surface area contributed by atoms with E-state index in [-0.39, 0.29) is 0 Å². The van der Waals surface area contributed by atoms with E-state index in [9.17, 15) is 8.42 Å². The molecule has 1 heterocycles. The Hall–Kier alpha value is -0.850. The van der Waals surface area contributed by atoms with E-state index in [1.165, 1.54) is 4.31 Å². The van der Waals surface area contributed by atoms with Gasteiger partial charge in [0, 0.05) is 38.1 Å². The van der Waals surface area contributed by atoms with Crippen LogP contribution < -0.4 is 5.32 Å². The van der Waals surface area contributed by atoms with Gasteiger partial charge in [-0.15, -0.1) is 0 Å². The Morgan fingerprint density at radius 3 is 2.70 bits per heavy atom. The van der Waals surface area contributed by atoms with E-state index in [2.05, 4.69) is 16.8 Å². The van der Waals surface area contributed by atoms with Crippen LogP contribution in [0.15, 0.2) is 17.2 Å². The average molecular weight is 299 g/mol. The van der Waals surface area contributed by atoms with E-state index in [4.69, 9.17) is 0 Å². The van der Waals surface area contributed by atoms with Gasteiger partial charge in [-0.25, -0.2) is 12.7 Å². The summed E-state index contributed by atoms with van der Waals surface area (Å²) in [5, 5.41) is 3.11. The van der Waals surface area contributed by atoms with Crippen molar-refractivity contribution in [2.45, 2.75) is 50.1 Å². The second-order valence-electron chi connectivity index (χ2n) is 5.52. The maximum atomic E-state index is 12.5. The molecule has 1 aliphatic rings. The minimum Gasteiger partial charge on any atom is -0.346 e. The first-order valence-corrected chi connectivity index (χ1v) is 8.76. The highest BCUT2D eigenvalue weighted by molar-refractivity contribution is 7.89. The summed E-state index contributed by atoms with van der Waals surface area (Å²) < 4.78 is 28.7. The van der Waals surface area contributed by atoms with Crippen LogP contribution in [0, 0.1) is 0 Å². The molecule has 0 amide bonds. The highest BCUT2D eigenvalue weighted by atomic mass is 32.2. The van der Waals surface area contributed by atoms with Crippen molar-refractivity contribution < 1.29 is 8.42 Å². The smallest absolute Gasteiger partial charge is 0.244 e. The third-order valence-electron chi connectivity index (χ3n) is 3.74. The van der Waals surface area contributed by atoms with E-state index in [1.807, 2.05) is 19.3 Å². The zero-order chi connectivity index (χ0) is 14.8. The van der Waals surface area contributed by atoms with E-state index in [1.54, 1.807) is 7.05 Å². The van der Waals surface area contributed by atoms with Gasteiger partial charge >= 0.3 is 0 Å². The summed E-state index contributed by atoms with van der Waals surface area (Å²) in [7, 11) is 0.192. The van der Waals surface area contributed by atoms with E-state index in [0.29, 0.717) is 24.0 Å². The number of hydrogen-bond donors (Lipinski definition) is 1. The van der Waals surface area contributed by atoms with Crippen molar-refractivity contribution >= 4 is 10.0 Å². The van der Waals surface area contributed by atoms with Crippen molar-refractivity contribution in [3.05, 3.63) is 18.0 Å². The number of aromatic nitrogens is 1. The van der Waals surface area contributed by atoms with Crippen LogP contribution >= 0.6 is 0 Å². The number of rotatable bonds is 8. The van der Waals surface area contributed by atoms with Crippen LogP contribution in [0.1, 0.15) is 44.3 Å². The first kappa shape index (κ1) is 15.5. The minimum absolute atomic E-state index is 0.424. The standard InChI is InChI=1S/C14H25N3O2S/c1-4-5-8-16(3)20(18,19)14-9-13(10-15-2)17(11-14)12-6-7-12/h9,11-12,15H,4-8,10H2,1-3H3. The highest BCUT2D eigenvalue weighted by Gasteiger charge is 2.29. The Balaban J connectivity index is 2.24. The van der Waals surface area contributed by atoms with Gasteiger partial charge in [0.25, 0.3) is 0 Å². The third-order valence-corrected chi connectivity index (χ3v) is 5.56. The van der Waals surface area contributed by atoms with Gasteiger partial charge in [0.2, 0.25) is 10.0 Å². The molecule has 0 unspecified atom stereocenters. The molecule has 20 heavy (non-hydrogen) atoms. The van der Waals surface area contributed by atoms with Crippen LogP contribution in [0.25, 0.3) is 0 Å². The predicted molar refractivity (Wildman–Crippen MR) is 80.2 cm³/mol. The molecule has 2 rings (SSSR count). The average Bonchev–Trinajstić information content (AvgIpc) is 3.17. The maximum Gasteiger partial charge on any atom is 0.244 e. The van der Waals surface area contributed by atoms with E-state index >= 15 is 0 Å². The molecule has 0 bridgehead atoms. The van der Waals surface area contributed by atoms with Gasteiger partial charge in [-0.3, -0.25) is 0 Å². The molecule has 1 fully saturated rings. The molecule has 0 aromatic carbocycles. The number of nitrogens with one attached hydrogen (secondary N) is 1. The summed E-state index contributed by atoms with van der Waals surface area (Å²) in [6, 6.07) is 2.30. The zero-order valence-corrected chi connectivity index (χ0v) is 13.4. The molecular formula is C14H25N3O2S. The second-order valence-corrected chi connectivity index (χ2v) is 7.56. The lowest BCUT2D eigenvalue weighted by Crippen LogP contribution is -2.27. The Morgan fingerprint density at radius 1 is 1.45 bits per heavy atom. The fraction of sp³-hybridized carbons (Fsp3) is 0.714. The molecule has 0 spiro atoms. The van der Waals surface area contributed by atoms with Crippen LogP contribution in [-0.4, -0.2) is 37.9 Å². The lowest BCUT2D eigenvalue weighted by Gasteiger charge is -2.15. The van der Waals surface area contributed by atoms with Gasteiger partial charge in [0.05, 0.1) is 0 Å². The molecule has 1 aliphatic carbocycles. The van der Waals surface area contributed by atoms with Crippen molar-refractivity contribution in [2.75, 3.05) is 20.6 Å². The fourth-order valence-electron chi connectivity index (χ4n) is 2.33.